The van der Waals surface area contributed by atoms with Gasteiger partial charge in [-0.3, -0.25) is 0 Å². The maximum atomic E-state index is 11.1. The van der Waals surface area contributed by atoms with Gasteiger partial charge < -0.3 is 25.1 Å². The van der Waals surface area contributed by atoms with Crippen LogP contribution in [0.2, 0.25) is 0 Å². The summed E-state index contributed by atoms with van der Waals surface area (Å²) in [6, 6.07) is 6.61. The van der Waals surface area contributed by atoms with Crippen LogP contribution in [-0.4, -0.2) is 36.9 Å². The molecule has 3 unspecified atom stereocenters. The fourth-order valence-electron chi connectivity index (χ4n) is 2.71. The molecule has 0 aliphatic heterocycles. The van der Waals surface area contributed by atoms with Gasteiger partial charge in [-0.1, -0.05) is 25.1 Å². The number of hydrogen-bond donors (Lipinski definition) is 5. The Morgan fingerprint density at radius 3 is 2.62 bits per heavy atom. The number of benzene rings is 1. The third-order valence-electron chi connectivity index (χ3n) is 3.84. The highest BCUT2D eigenvalue weighted by molar-refractivity contribution is 7.50. The summed E-state index contributed by atoms with van der Waals surface area (Å²) in [5.74, 6) is -1.26. The van der Waals surface area contributed by atoms with E-state index in [0.717, 1.165) is 5.56 Å². The molecule has 3 atom stereocenters. The molecule has 0 aromatic heterocycles. The fourth-order valence-corrected chi connectivity index (χ4v) is 3.20. The highest BCUT2D eigenvalue weighted by Gasteiger charge is 2.32. The van der Waals surface area contributed by atoms with E-state index in [1.165, 1.54) is 24.3 Å². The molecule has 1 aromatic carbocycles. The number of aromatic hydroxyl groups is 1. The van der Waals surface area contributed by atoms with E-state index in [0.29, 0.717) is 0 Å². The maximum Gasteiger partial charge on any atom is 0.448 e. The number of phenolic OH excluding ortho intramolecular Hbond substituents is 1. The predicted octanol–water partition coefficient (Wildman–Crippen LogP) is 2.41. The van der Waals surface area contributed by atoms with E-state index in [9.17, 15) is 19.9 Å². The van der Waals surface area contributed by atoms with Crippen molar-refractivity contribution in [2.24, 2.45) is 10.7 Å². The van der Waals surface area contributed by atoms with Crippen molar-refractivity contribution in [3.63, 3.8) is 0 Å². The number of aliphatic hydroxyl groups is 2. The topological polar surface area (TPSA) is 131 Å². The molecule has 24 heavy (non-hydrogen) atoms. The van der Waals surface area contributed by atoms with E-state index in [4.69, 9.17) is 9.79 Å². The average molecular weight is 353 g/mol. The lowest BCUT2D eigenvalue weighted by atomic mass is 9.84. The summed E-state index contributed by atoms with van der Waals surface area (Å²) in [6.45, 7) is 1.84. The van der Waals surface area contributed by atoms with Crippen molar-refractivity contribution in [3.8, 4) is 5.75 Å². The lowest BCUT2D eigenvalue weighted by molar-refractivity contribution is 0.116. The van der Waals surface area contributed by atoms with Crippen molar-refractivity contribution in [3.05, 3.63) is 53.8 Å². The Morgan fingerprint density at radius 1 is 1.29 bits per heavy atom. The molecule has 130 valence electrons. The van der Waals surface area contributed by atoms with Gasteiger partial charge in [0.1, 0.15) is 11.5 Å². The number of allylic oxidation sites excluding steroid dienone is 3. The lowest BCUT2D eigenvalue weighted by Gasteiger charge is -2.27. The fraction of sp³-hybridized carbons (Fsp3) is 0.312. The molecule has 0 spiro atoms. The van der Waals surface area contributed by atoms with E-state index >= 15 is 0 Å². The second-order valence-corrected chi connectivity index (χ2v) is 6.99. The molecule has 0 fully saturated rings. The van der Waals surface area contributed by atoms with Crippen molar-refractivity contribution in [2.75, 3.05) is 0 Å². The van der Waals surface area contributed by atoms with Crippen molar-refractivity contribution < 1.29 is 29.7 Å². The summed E-state index contributed by atoms with van der Waals surface area (Å²) in [5.41, 5.74) is 0.733. The zero-order valence-corrected chi connectivity index (χ0v) is 13.9. The summed E-state index contributed by atoms with van der Waals surface area (Å²) in [5, 5.41) is 30.0. The average Bonchev–Trinajstić information content (AvgIpc) is 2.45. The van der Waals surface area contributed by atoms with Crippen LogP contribution in [0.3, 0.4) is 0 Å². The molecule has 7 nitrogen and oxygen atoms in total. The number of aliphatic hydroxyl groups excluding tert-OH is 2. The van der Waals surface area contributed by atoms with Crippen molar-refractivity contribution in [1.29, 1.82) is 0 Å². The molecule has 0 bridgehead atoms. The van der Waals surface area contributed by atoms with Crippen LogP contribution in [-0.2, 0) is 4.57 Å². The predicted molar refractivity (Wildman–Crippen MR) is 90.0 cm³/mol. The monoisotopic (exact) mass is 353 g/mol. The third kappa shape index (κ3) is 4.79. The normalized spacial score (nSPS) is 22.2. The molecule has 0 saturated heterocycles. The minimum Gasteiger partial charge on any atom is -0.512 e. The summed E-state index contributed by atoms with van der Waals surface area (Å²) in [7, 11) is -4.68. The van der Waals surface area contributed by atoms with Gasteiger partial charge in [0.05, 0.1) is 17.7 Å². The van der Waals surface area contributed by atoms with Crippen LogP contribution in [0.1, 0.15) is 24.8 Å². The van der Waals surface area contributed by atoms with Gasteiger partial charge >= 0.3 is 7.75 Å². The van der Waals surface area contributed by atoms with E-state index in [-0.39, 0.29) is 29.6 Å². The molecule has 0 amide bonds. The maximum absolute atomic E-state index is 11.1. The zero-order chi connectivity index (χ0) is 17.9. The van der Waals surface area contributed by atoms with Gasteiger partial charge in [-0.05, 0) is 42.2 Å². The van der Waals surface area contributed by atoms with Gasteiger partial charge in [0.15, 0.2) is 0 Å². The Kier molecular flexibility index (Phi) is 5.62. The summed E-state index contributed by atoms with van der Waals surface area (Å²) in [4.78, 5) is 18.1. The first-order valence-corrected chi connectivity index (χ1v) is 8.94. The van der Waals surface area contributed by atoms with Gasteiger partial charge in [0.2, 0.25) is 0 Å². The van der Waals surface area contributed by atoms with E-state index in [1.54, 1.807) is 18.2 Å². The van der Waals surface area contributed by atoms with Crippen LogP contribution in [0.5, 0.6) is 5.75 Å². The SMILES string of the molecule is CC(CC(O)C1C(O)=CC=CC1=NP(=O)(O)O)c1cccc(O)c1. The Balaban J connectivity index is 2.21. The van der Waals surface area contributed by atoms with Crippen molar-refractivity contribution in [2.45, 2.75) is 25.4 Å². The smallest absolute Gasteiger partial charge is 0.448 e. The minimum absolute atomic E-state index is 0.0704. The minimum atomic E-state index is -4.68. The molecular formula is C16H20NO6P. The largest absolute Gasteiger partial charge is 0.512 e. The van der Waals surface area contributed by atoms with Gasteiger partial charge in [-0.2, -0.15) is 4.76 Å². The third-order valence-corrected chi connectivity index (χ3v) is 4.33. The Hall–Kier alpha value is -1.92. The van der Waals surface area contributed by atoms with Crippen molar-refractivity contribution >= 4 is 13.5 Å². The molecular weight excluding hydrogens is 333 g/mol. The molecule has 0 saturated carbocycles. The van der Waals surface area contributed by atoms with E-state index in [1.807, 2.05) is 6.92 Å². The highest BCUT2D eigenvalue weighted by atomic mass is 31.2. The molecule has 0 heterocycles. The standard InChI is InChI=1S/C16H20NO6P/c1-10(11-4-2-5-12(18)9-11)8-15(20)16-13(17-24(21,22)23)6-3-7-14(16)19/h2-7,9-10,15-16,18-20H,8H2,1H3,(H2,21,22,23). The van der Waals surface area contributed by atoms with Gasteiger partial charge in [0, 0.05) is 0 Å². The zero-order valence-electron chi connectivity index (χ0n) is 13.0. The molecule has 1 aliphatic carbocycles. The Bertz CT molecular complexity index is 736. The Labute approximate surface area is 139 Å². The summed E-state index contributed by atoms with van der Waals surface area (Å²) < 4.78 is 14.4. The van der Waals surface area contributed by atoms with Crippen LogP contribution in [0.15, 0.2) is 53.0 Å². The first-order chi connectivity index (χ1) is 11.2. The molecule has 5 N–H and O–H groups in total. The first-order valence-electron chi connectivity index (χ1n) is 7.37. The molecule has 0 radical (unpaired) electrons. The number of rotatable bonds is 5. The van der Waals surface area contributed by atoms with E-state index in [2.05, 4.69) is 4.76 Å². The molecule has 1 aromatic rings. The molecule has 1 aliphatic rings. The summed E-state index contributed by atoms with van der Waals surface area (Å²) in [6.07, 6.45) is 3.22. The second kappa shape index (κ2) is 7.32. The van der Waals surface area contributed by atoms with Gasteiger partial charge in [-0.15, -0.1) is 0 Å². The van der Waals surface area contributed by atoms with Crippen LogP contribution < -0.4 is 0 Å². The number of phenols is 1. The van der Waals surface area contributed by atoms with Crippen LogP contribution in [0.25, 0.3) is 0 Å². The van der Waals surface area contributed by atoms with Crippen molar-refractivity contribution in [1.82, 2.24) is 0 Å². The quantitative estimate of drug-likeness (QED) is 0.517. The lowest BCUT2D eigenvalue weighted by Crippen LogP contribution is -2.31. The van der Waals surface area contributed by atoms with Gasteiger partial charge in [-0.25, -0.2) is 4.57 Å². The van der Waals surface area contributed by atoms with E-state index < -0.39 is 19.8 Å². The van der Waals surface area contributed by atoms with Crippen LogP contribution in [0.4, 0.5) is 0 Å². The van der Waals surface area contributed by atoms with Crippen LogP contribution in [0, 0.1) is 5.92 Å². The van der Waals surface area contributed by atoms with Crippen LogP contribution >= 0.6 is 7.75 Å². The molecule has 8 heteroatoms. The number of hydrogen-bond acceptors (Lipinski definition) is 4. The Morgan fingerprint density at radius 2 is 2.00 bits per heavy atom. The highest BCUT2D eigenvalue weighted by Crippen LogP contribution is 2.39. The first kappa shape index (κ1) is 18.4. The molecule has 2 rings (SSSR count). The second-order valence-electron chi connectivity index (χ2n) is 5.77. The summed E-state index contributed by atoms with van der Waals surface area (Å²) >= 11 is 0. The van der Waals surface area contributed by atoms with Gasteiger partial charge in [0.25, 0.3) is 0 Å². The number of nitrogens with zero attached hydrogens (tertiary/aromatic N) is 1.